The van der Waals surface area contributed by atoms with Gasteiger partial charge in [0.25, 0.3) is 0 Å². The number of rotatable bonds is 39. The summed E-state index contributed by atoms with van der Waals surface area (Å²) in [5, 5.41) is 51.5. The van der Waals surface area contributed by atoms with Gasteiger partial charge in [-0.25, -0.2) is 13.9 Å². The Morgan fingerprint density at radius 1 is 0.761 bits per heavy atom. The SMILES string of the molecule is CCCCCC/C=C\CCCCCCCC(=O)O[C@H](COC(=O)CCC[C@@H](O)[C@H](O)/C=C/C=C/C=C\C=C\[C@H](O)CCCCC)COP(=O)(O)OP(=O)(O)OC[C@H]1O[C@@H](n2ccc(N)nc2=O)[C@H](O)[C@@H]1O. The van der Waals surface area contributed by atoms with Crippen molar-refractivity contribution in [2.24, 2.45) is 0 Å². The number of unbranched alkanes of at least 4 members (excludes halogenated alkanes) is 11. The normalized spacial score (nSPS) is 21.0. The molecule has 0 aromatic carbocycles. The van der Waals surface area contributed by atoms with Crippen molar-refractivity contribution in [3.05, 3.63) is 83.5 Å². The van der Waals surface area contributed by atoms with E-state index in [1.165, 1.54) is 37.8 Å². The quantitative estimate of drug-likeness (QED) is 0.0115. The van der Waals surface area contributed by atoms with Crippen molar-refractivity contribution in [3.8, 4) is 0 Å². The zero-order valence-corrected chi connectivity index (χ0v) is 42.9. The topological polar surface area (TPSA) is 326 Å². The number of hydrogen-bond donors (Lipinski definition) is 8. The molecule has 0 spiro atoms. The smallest absolute Gasteiger partial charge is 0.462 e. The van der Waals surface area contributed by atoms with Gasteiger partial charge in [0.2, 0.25) is 0 Å². The molecule has 9 N–H and O–H groups in total. The van der Waals surface area contributed by atoms with Crippen LogP contribution in [-0.2, 0) is 46.3 Å². The molecule has 0 aliphatic carbocycles. The van der Waals surface area contributed by atoms with Gasteiger partial charge in [0, 0.05) is 19.0 Å². The highest BCUT2D eigenvalue weighted by molar-refractivity contribution is 7.61. The van der Waals surface area contributed by atoms with E-state index in [0.29, 0.717) is 12.8 Å². The summed E-state index contributed by atoms with van der Waals surface area (Å²) in [7, 11) is -11.0. The van der Waals surface area contributed by atoms with Crippen LogP contribution in [0.5, 0.6) is 0 Å². The van der Waals surface area contributed by atoms with Gasteiger partial charge in [0.15, 0.2) is 12.3 Å². The summed E-state index contributed by atoms with van der Waals surface area (Å²) in [6, 6.07) is 1.22. The molecule has 1 fully saturated rings. The van der Waals surface area contributed by atoms with Crippen LogP contribution in [0.1, 0.15) is 142 Å². The monoisotopic (exact) mass is 1050 g/mol. The number of allylic oxidation sites excluding steroid dienone is 8. The zero-order valence-electron chi connectivity index (χ0n) is 41.1. The van der Waals surface area contributed by atoms with Crippen LogP contribution in [0.15, 0.2) is 77.8 Å². The second-order valence-electron chi connectivity index (χ2n) is 17.2. The second kappa shape index (κ2) is 36.3. The van der Waals surface area contributed by atoms with E-state index in [0.717, 1.165) is 68.6 Å². The molecule has 2 rings (SSSR count). The number of carbonyl (C=O) groups is 2. The number of aliphatic hydroxyl groups is 5. The number of phosphoric acid groups is 2. The summed E-state index contributed by atoms with van der Waals surface area (Å²) < 4.78 is 56.4. The van der Waals surface area contributed by atoms with Crippen molar-refractivity contribution in [1.29, 1.82) is 0 Å². The van der Waals surface area contributed by atoms with Gasteiger partial charge in [0.05, 0.1) is 31.5 Å². The van der Waals surface area contributed by atoms with E-state index in [4.69, 9.17) is 29.0 Å². The van der Waals surface area contributed by atoms with Gasteiger partial charge in [-0.05, 0) is 57.4 Å². The van der Waals surface area contributed by atoms with Crippen LogP contribution < -0.4 is 11.4 Å². The van der Waals surface area contributed by atoms with Crippen LogP contribution >= 0.6 is 15.6 Å². The third-order valence-corrected chi connectivity index (χ3v) is 13.5. The molecule has 1 saturated heterocycles. The number of carbonyl (C=O) groups excluding carboxylic acids is 2. The van der Waals surface area contributed by atoms with Crippen molar-refractivity contribution in [2.75, 3.05) is 25.6 Å². The van der Waals surface area contributed by atoms with Crippen LogP contribution in [0, 0.1) is 0 Å². The lowest BCUT2D eigenvalue weighted by Crippen LogP contribution is -2.36. The van der Waals surface area contributed by atoms with Gasteiger partial charge in [-0.15, -0.1) is 0 Å². The Kier molecular flexibility index (Phi) is 32.4. The molecule has 1 aliphatic heterocycles. The van der Waals surface area contributed by atoms with Crippen molar-refractivity contribution in [2.45, 2.75) is 185 Å². The molecule has 10 atom stereocenters. The van der Waals surface area contributed by atoms with Crippen LogP contribution in [0.25, 0.3) is 0 Å². The van der Waals surface area contributed by atoms with Gasteiger partial charge in [-0.3, -0.25) is 23.2 Å². The summed E-state index contributed by atoms with van der Waals surface area (Å²) in [4.78, 5) is 61.8. The first-order chi connectivity index (χ1) is 33.9. The van der Waals surface area contributed by atoms with Crippen LogP contribution in [0.3, 0.4) is 0 Å². The molecule has 1 aromatic rings. The Hall–Kier alpha value is -3.66. The van der Waals surface area contributed by atoms with Gasteiger partial charge in [-0.1, -0.05) is 132 Å². The van der Waals surface area contributed by atoms with E-state index in [1.54, 1.807) is 42.5 Å². The molecule has 0 saturated carbocycles. The van der Waals surface area contributed by atoms with E-state index in [1.807, 2.05) is 0 Å². The Bertz CT molecular complexity index is 1980. The highest BCUT2D eigenvalue weighted by Gasteiger charge is 2.46. The fourth-order valence-corrected chi connectivity index (χ4v) is 9.04. The van der Waals surface area contributed by atoms with Crippen LogP contribution in [-0.4, -0.2) is 119 Å². The highest BCUT2D eigenvalue weighted by atomic mass is 31.3. The van der Waals surface area contributed by atoms with E-state index in [-0.39, 0.29) is 31.5 Å². The average molecular weight is 1050 g/mol. The molecular weight excluding hydrogens is 968 g/mol. The minimum absolute atomic E-state index is 0.00830. The molecule has 1 aliphatic rings. The first-order valence-electron chi connectivity index (χ1n) is 24.6. The van der Waals surface area contributed by atoms with Crippen molar-refractivity contribution in [3.63, 3.8) is 0 Å². The number of hydrogen-bond acceptors (Lipinski definition) is 18. The Morgan fingerprint density at radius 3 is 2.03 bits per heavy atom. The fourth-order valence-electron chi connectivity index (χ4n) is 6.93. The largest absolute Gasteiger partial charge is 0.481 e. The Labute approximate surface area is 417 Å². The molecule has 23 heteroatoms. The van der Waals surface area contributed by atoms with E-state index in [9.17, 15) is 58.8 Å². The lowest BCUT2D eigenvalue weighted by molar-refractivity contribution is -0.161. The molecular formula is C48H79N3O18P2. The predicted octanol–water partition coefficient (Wildman–Crippen LogP) is 6.47. The Morgan fingerprint density at radius 2 is 1.35 bits per heavy atom. The number of esters is 2. The van der Waals surface area contributed by atoms with Crippen molar-refractivity contribution >= 4 is 33.4 Å². The van der Waals surface area contributed by atoms with Crippen molar-refractivity contribution < 1.29 is 81.6 Å². The number of ether oxygens (including phenoxy) is 3. The Balaban J connectivity index is 1.90. The molecule has 1 aromatic heterocycles. The first-order valence-corrected chi connectivity index (χ1v) is 27.6. The van der Waals surface area contributed by atoms with Crippen LogP contribution in [0.2, 0.25) is 0 Å². The lowest BCUT2D eigenvalue weighted by Gasteiger charge is -2.21. The van der Waals surface area contributed by atoms with Gasteiger partial charge in [0.1, 0.15) is 30.7 Å². The maximum Gasteiger partial charge on any atom is 0.481 e. The number of nitrogen functional groups attached to an aromatic ring is 1. The number of nitrogens with two attached hydrogens (primary N) is 1. The molecule has 21 nitrogen and oxygen atoms in total. The number of phosphoric ester groups is 2. The minimum atomic E-state index is -5.50. The minimum Gasteiger partial charge on any atom is -0.462 e. The van der Waals surface area contributed by atoms with Gasteiger partial charge in [-0.2, -0.15) is 9.29 Å². The molecule has 0 bridgehead atoms. The molecule has 71 heavy (non-hydrogen) atoms. The highest BCUT2D eigenvalue weighted by Crippen LogP contribution is 2.60. The average Bonchev–Trinajstić information content (AvgIpc) is 3.59. The van der Waals surface area contributed by atoms with E-state index < -0.39 is 102 Å². The summed E-state index contributed by atoms with van der Waals surface area (Å²) in [5.41, 5.74) is 4.55. The summed E-state index contributed by atoms with van der Waals surface area (Å²) in [5.74, 6) is -1.66. The molecule has 404 valence electrons. The number of aromatic nitrogens is 2. The number of anilines is 1. The summed E-state index contributed by atoms with van der Waals surface area (Å²) in [6.45, 7) is 1.67. The third-order valence-electron chi connectivity index (χ3n) is 10.9. The maximum atomic E-state index is 12.8. The number of nitrogens with zero attached hydrogens (tertiary/aromatic N) is 2. The van der Waals surface area contributed by atoms with Crippen molar-refractivity contribution in [1.82, 2.24) is 9.55 Å². The van der Waals surface area contributed by atoms with E-state index >= 15 is 0 Å². The standard InChI is InChI=1S/C48H79N3O18P2/c1-3-5-7-8-9-10-11-12-13-14-15-20-24-30-44(56)67-38(34-64-43(55)31-25-29-40(54)39(53)28-23-19-17-16-18-22-27-37(52)26-21-6-4-2)35-65-70(60,61)69-71(62,63)66-36-41-45(57)46(58)47(68-41)51-33-32-42(49)50-48(51)59/h10-11,16-19,22-23,27-28,32-33,37-41,45-47,52-54,57-58H,3-9,12-15,20-21,24-26,29-31,34-36H2,1-2H3,(H,60,61)(H,62,63)(H2,49,50,59)/b11-10-,18-16-,19-17+,27-22+,28-23+/t37-,38-,39-,40-,41-,45-,46-,47-/m1/s1. The molecule has 2 heterocycles. The lowest BCUT2D eigenvalue weighted by atomic mass is 10.1. The zero-order chi connectivity index (χ0) is 52.5. The molecule has 0 radical (unpaired) electrons. The third kappa shape index (κ3) is 29.0. The van der Waals surface area contributed by atoms with Gasteiger partial charge < -0.3 is 55.3 Å². The fraction of sp³-hybridized carbons (Fsp3) is 0.667. The van der Waals surface area contributed by atoms with Crippen LogP contribution in [0.4, 0.5) is 5.82 Å². The van der Waals surface area contributed by atoms with E-state index in [2.05, 4.69) is 35.3 Å². The predicted molar refractivity (Wildman–Crippen MR) is 265 cm³/mol. The van der Waals surface area contributed by atoms with Gasteiger partial charge >= 0.3 is 33.3 Å². The number of aliphatic hydroxyl groups excluding tert-OH is 5. The summed E-state index contributed by atoms with van der Waals surface area (Å²) >= 11 is 0. The maximum absolute atomic E-state index is 12.8. The first kappa shape index (κ1) is 63.5. The second-order valence-corrected chi connectivity index (χ2v) is 20.2. The molecule has 2 unspecified atom stereocenters. The molecule has 0 amide bonds. The summed E-state index contributed by atoms with van der Waals surface area (Å²) in [6.07, 6.45) is 22.4.